The number of tetrazole rings is 1. The van der Waals surface area contributed by atoms with Gasteiger partial charge >= 0.3 is 0 Å². The number of rotatable bonds is 1. The Morgan fingerprint density at radius 3 is 2.75 bits per heavy atom. The Bertz CT molecular complexity index is 224. The molecule has 0 unspecified atom stereocenters. The van der Waals surface area contributed by atoms with E-state index in [2.05, 4.69) is 32.6 Å². The minimum atomic E-state index is 0.514. The summed E-state index contributed by atoms with van der Waals surface area (Å²) in [5, 5.41) is 14.1. The summed E-state index contributed by atoms with van der Waals surface area (Å²) in [6, 6.07) is 0. The smallest absolute Gasteiger partial charge is 0.177 e. The van der Waals surface area contributed by atoms with Crippen molar-refractivity contribution >= 4 is 0 Å². The van der Waals surface area contributed by atoms with Crippen molar-refractivity contribution in [2.45, 2.75) is 18.8 Å². The van der Waals surface area contributed by atoms with Crippen LogP contribution >= 0.6 is 0 Å². The fourth-order valence-corrected chi connectivity index (χ4v) is 1.61. The first kappa shape index (κ1) is 7.67. The lowest BCUT2D eigenvalue weighted by atomic mass is 9.97. The van der Waals surface area contributed by atoms with Gasteiger partial charge in [-0.1, -0.05) is 5.21 Å². The molecule has 0 atom stereocenters. The first-order chi connectivity index (χ1) is 5.86. The SMILES string of the molecule is CN1CCC(c2nn[nH]n2)CC1. The molecule has 1 aliphatic heterocycles. The molecule has 1 saturated heterocycles. The second-order valence-electron chi connectivity index (χ2n) is 3.35. The summed E-state index contributed by atoms with van der Waals surface area (Å²) in [7, 11) is 2.15. The van der Waals surface area contributed by atoms with Crippen LogP contribution in [0.4, 0.5) is 0 Å². The van der Waals surface area contributed by atoms with Crippen molar-refractivity contribution < 1.29 is 0 Å². The molecule has 0 aliphatic carbocycles. The van der Waals surface area contributed by atoms with Crippen molar-refractivity contribution in [3.63, 3.8) is 0 Å². The maximum atomic E-state index is 4.00. The van der Waals surface area contributed by atoms with Crippen molar-refractivity contribution in [1.82, 2.24) is 25.5 Å². The molecule has 0 radical (unpaired) electrons. The van der Waals surface area contributed by atoms with E-state index in [1.807, 2.05) is 0 Å². The van der Waals surface area contributed by atoms with Gasteiger partial charge in [0.2, 0.25) is 0 Å². The second-order valence-corrected chi connectivity index (χ2v) is 3.35. The Kier molecular flexibility index (Phi) is 2.03. The third-order valence-corrected chi connectivity index (χ3v) is 2.45. The Balaban J connectivity index is 1.99. The van der Waals surface area contributed by atoms with E-state index in [1.54, 1.807) is 0 Å². The number of hydrogen-bond donors (Lipinski definition) is 1. The van der Waals surface area contributed by atoms with Gasteiger partial charge in [0.1, 0.15) is 0 Å². The Labute approximate surface area is 71.1 Å². The molecule has 0 amide bonds. The third kappa shape index (κ3) is 1.45. The van der Waals surface area contributed by atoms with Crippen LogP contribution in [0.2, 0.25) is 0 Å². The maximum Gasteiger partial charge on any atom is 0.177 e. The molecule has 5 nitrogen and oxygen atoms in total. The molecule has 0 aromatic carbocycles. The van der Waals surface area contributed by atoms with Crippen molar-refractivity contribution in [3.05, 3.63) is 5.82 Å². The molecule has 5 heteroatoms. The summed E-state index contributed by atoms with van der Waals surface area (Å²) < 4.78 is 0. The lowest BCUT2D eigenvalue weighted by Crippen LogP contribution is -2.29. The lowest BCUT2D eigenvalue weighted by molar-refractivity contribution is 0.251. The van der Waals surface area contributed by atoms with Crippen LogP contribution in [0.15, 0.2) is 0 Å². The molecule has 0 saturated carbocycles. The fourth-order valence-electron chi connectivity index (χ4n) is 1.61. The number of aromatic nitrogens is 4. The molecule has 1 N–H and O–H groups in total. The van der Waals surface area contributed by atoms with Crippen LogP contribution in [0, 0.1) is 0 Å². The number of nitrogens with zero attached hydrogens (tertiary/aromatic N) is 4. The molecule has 1 aromatic rings. The first-order valence-electron chi connectivity index (χ1n) is 4.28. The number of aromatic amines is 1. The highest BCUT2D eigenvalue weighted by Gasteiger charge is 2.21. The lowest BCUT2D eigenvalue weighted by Gasteiger charge is -2.26. The highest BCUT2D eigenvalue weighted by molar-refractivity contribution is 4.93. The molecule has 1 aromatic heterocycles. The van der Waals surface area contributed by atoms with Gasteiger partial charge in [0.15, 0.2) is 5.82 Å². The monoisotopic (exact) mass is 167 g/mol. The number of likely N-dealkylation sites (tertiary alicyclic amines) is 1. The van der Waals surface area contributed by atoms with Crippen LogP contribution in [0.5, 0.6) is 0 Å². The molecule has 0 bridgehead atoms. The Hall–Kier alpha value is -0.970. The van der Waals surface area contributed by atoms with E-state index >= 15 is 0 Å². The Morgan fingerprint density at radius 2 is 2.17 bits per heavy atom. The average Bonchev–Trinajstić information content (AvgIpc) is 2.58. The quantitative estimate of drug-likeness (QED) is 0.640. The van der Waals surface area contributed by atoms with Crippen LogP contribution in [-0.2, 0) is 0 Å². The maximum absolute atomic E-state index is 4.00. The number of hydrogen-bond acceptors (Lipinski definition) is 4. The normalized spacial score (nSPS) is 21.4. The van der Waals surface area contributed by atoms with Gasteiger partial charge in [-0.3, -0.25) is 0 Å². The fraction of sp³-hybridized carbons (Fsp3) is 0.857. The average molecular weight is 167 g/mol. The van der Waals surface area contributed by atoms with Gasteiger partial charge in [-0.15, -0.1) is 10.2 Å². The van der Waals surface area contributed by atoms with Crippen LogP contribution in [-0.4, -0.2) is 45.7 Å². The molecule has 1 aliphatic rings. The highest BCUT2D eigenvalue weighted by atomic mass is 15.5. The minimum Gasteiger partial charge on any atom is -0.306 e. The molecular formula is C7H13N5. The Morgan fingerprint density at radius 1 is 1.42 bits per heavy atom. The van der Waals surface area contributed by atoms with Crippen LogP contribution in [0.3, 0.4) is 0 Å². The summed E-state index contributed by atoms with van der Waals surface area (Å²) >= 11 is 0. The minimum absolute atomic E-state index is 0.514. The summed E-state index contributed by atoms with van der Waals surface area (Å²) in [5.74, 6) is 1.39. The first-order valence-corrected chi connectivity index (χ1v) is 4.28. The number of H-pyrrole nitrogens is 1. The van der Waals surface area contributed by atoms with E-state index in [4.69, 9.17) is 0 Å². The molecule has 1 fully saturated rings. The molecule has 0 spiro atoms. The summed E-state index contributed by atoms with van der Waals surface area (Å²) in [6.45, 7) is 2.28. The summed E-state index contributed by atoms with van der Waals surface area (Å²) in [4.78, 5) is 2.33. The van der Waals surface area contributed by atoms with E-state index < -0.39 is 0 Å². The third-order valence-electron chi connectivity index (χ3n) is 2.45. The van der Waals surface area contributed by atoms with E-state index in [9.17, 15) is 0 Å². The van der Waals surface area contributed by atoms with Gasteiger partial charge in [-0.25, -0.2) is 0 Å². The summed E-state index contributed by atoms with van der Waals surface area (Å²) in [6.07, 6.45) is 2.30. The van der Waals surface area contributed by atoms with E-state index in [-0.39, 0.29) is 0 Å². The van der Waals surface area contributed by atoms with Crippen LogP contribution in [0.1, 0.15) is 24.6 Å². The highest BCUT2D eigenvalue weighted by Crippen LogP contribution is 2.23. The van der Waals surface area contributed by atoms with Gasteiger partial charge in [0, 0.05) is 5.92 Å². The van der Waals surface area contributed by atoms with Gasteiger partial charge in [-0.05, 0) is 33.0 Å². The molecule has 12 heavy (non-hydrogen) atoms. The van der Waals surface area contributed by atoms with E-state index in [0.717, 1.165) is 31.8 Å². The van der Waals surface area contributed by atoms with E-state index in [0.29, 0.717) is 5.92 Å². The molecular weight excluding hydrogens is 154 g/mol. The largest absolute Gasteiger partial charge is 0.306 e. The van der Waals surface area contributed by atoms with Crippen molar-refractivity contribution in [2.75, 3.05) is 20.1 Å². The molecule has 2 heterocycles. The zero-order chi connectivity index (χ0) is 8.39. The number of nitrogens with one attached hydrogen (secondary N) is 1. The summed E-state index contributed by atoms with van der Waals surface area (Å²) in [5.41, 5.74) is 0. The molecule has 2 rings (SSSR count). The van der Waals surface area contributed by atoms with Crippen molar-refractivity contribution in [1.29, 1.82) is 0 Å². The van der Waals surface area contributed by atoms with Gasteiger partial charge < -0.3 is 4.90 Å². The second kappa shape index (κ2) is 3.18. The predicted octanol–water partition coefficient (Wildman–Crippen LogP) is 0.00890. The van der Waals surface area contributed by atoms with Crippen molar-refractivity contribution in [2.24, 2.45) is 0 Å². The zero-order valence-electron chi connectivity index (χ0n) is 7.19. The van der Waals surface area contributed by atoms with Gasteiger partial charge in [0.25, 0.3) is 0 Å². The van der Waals surface area contributed by atoms with E-state index in [1.165, 1.54) is 0 Å². The predicted molar refractivity (Wildman–Crippen MR) is 43.6 cm³/mol. The zero-order valence-corrected chi connectivity index (χ0v) is 7.19. The van der Waals surface area contributed by atoms with Crippen molar-refractivity contribution in [3.8, 4) is 0 Å². The standard InChI is InChI=1S/C7H13N5/c1-12-4-2-6(3-5-12)7-8-10-11-9-7/h6H,2-5H2,1H3,(H,8,9,10,11). The topological polar surface area (TPSA) is 57.7 Å². The van der Waals surface area contributed by atoms with Crippen LogP contribution < -0.4 is 0 Å². The molecule has 66 valence electrons. The van der Waals surface area contributed by atoms with Gasteiger partial charge in [0.05, 0.1) is 0 Å². The van der Waals surface area contributed by atoms with Crippen LogP contribution in [0.25, 0.3) is 0 Å². The number of piperidine rings is 1. The van der Waals surface area contributed by atoms with Gasteiger partial charge in [-0.2, -0.15) is 5.21 Å².